The molecule has 0 aliphatic rings. The maximum absolute atomic E-state index is 11.7. The number of aliphatic carboxylic acids is 1. The first-order chi connectivity index (χ1) is 7.47. The Bertz CT molecular complexity index is 229. The predicted molar refractivity (Wildman–Crippen MR) is 62.2 cm³/mol. The fraction of sp³-hybridized carbons (Fsp3) is 0.818. The van der Waals surface area contributed by atoms with Crippen LogP contribution < -0.4 is 5.32 Å². The minimum Gasteiger partial charge on any atom is -0.480 e. The fourth-order valence-electron chi connectivity index (χ4n) is 1.39. The van der Waals surface area contributed by atoms with Crippen molar-refractivity contribution < 1.29 is 14.7 Å². The van der Waals surface area contributed by atoms with Gasteiger partial charge < -0.3 is 15.3 Å². The summed E-state index contributed by atoms with van der Waals surface area (Å²) in [4.78, 5) is 23.7. The van der Waals surface area contributed by atoms with E-state index in [1.165, 1.54) is 4.90 Å². The van der Waals surface area contributed by atoms with Crippen molar-refractivity contribution in [2.75, 3.05) is 26.2 Å². The van der Waals surface area contributed by atoms with Gasteiger partial charge >= 0.3 is 5.97 Å². The Hall–Kier alpha value is -1.10. The van der Waals surface area contributed by atoms with E-state index in [0.717, 1.165) is 6.54 Å². The number of nitrogens with zero attached hydrogens (tertiary/aromatic N) is 1. The first-order valence-electron chi connectivity index (χ1n) is 5.67. The average molecular weight is 230 g/mol. The van der Waals surface area contributed by atoms with Crippen LogP contribution in [0.4, 0.5) is 0 Å². The summed E-state index contributed by atoms with van der Waals surface area (Å²) in [6.45, 7) is 7.60. The molecule has 5 nitrogen and oxygen atoms in total. The Labute approximate surface area is 96.8 Å². The Morgan fingerprint density at radius 3 is 2.44 bits per heavy atom. The third kappa shape index (κ3) is 7.23. The molecule has 0 bridgehead atoms. The van der Waals surface area contributed by atoms with Gasteiger partial charge in [0.15, 0.2) is 0 Å². The molecule has 16 heavy (non-hydrogen) atoms. The molecule has 0 unspecified atom stereocenters. The van der Waals surface area contributed by atoms with Gasteiger partial charge in [0.25, 0.3) is 0 Å². The van der Waals surface area contributed by atoms with E-state index in [0.29, 0.717) is 19.5 Å². The lowest BCUT2D eigenvalue weighted by molar-refractivity contribution is -0.144. The van der Waals surface area contributed by atoms with Crippen LogP contribution in [0.3, 0.4) is 0 Å². The topological polar surface area (TPSA) is 69.6 Å². The molecule has 0 saturated heterocycles. The van der Waals surface area contributed by atoms with Crippen molar-refractivity contribution >= 4 is 11.9 Å². The molecule has 0 heterocycles. The zero-order chi connectivity index (χ0) is 12.6. The van der Waals surface area contributed by atoms with E-state index in [1.54, 1.807) is 0 Å². The number of hydrogen-bond acceptors (Lipinski definition) is 3. The highest BCUT2D eigenvalue weighted by atomic mass is 16.4. The summed E-state index contributed by atoms with van der Waals surface area (Å²) in [5, 5.41) is 11.8. The predicted octanol–water partition coefficient (Wildman–Crippen LogP) is 0.555. The molecule has 0 aromatic rings. The highest BCUT2D eigenvalue weighted by Crippen LogP contribution is 2.01. The minimum absolute atomic E-state index is 0.1000. The van der Waals surface area contributed by atoms with Crippen molar-refractivity contribution in [2.24, 2.45) is 5.92 Å². The van der Waals surface area contributed by atoms with Crippen LogP contribution in [-0.4, -0.2) is 48.1 Å². The van der Waals surface area contributed by atoms with Crippen LogP contribution in [0.2, 0.25) is 0 Å². The minimum atomic E-state index is -0.961. The van der Waals surface area contributed by atoms with E-state index in [2.05, 4.69) is 5.32 Å². The van der Waals surface area contributed by atoms with Crippen LogP contribution in [-0.2, 0) is 9.59 Å². The third-order valence-corrected chi connectivity index (χ3v) is 2.03. The quantitative estimate of drug-likeness (QED) is 0.598. The van der Waals surface area contributed by atoms with Gasteiger partial charge in [0.1, 0.15) is 6.54 Å². The van der Waals surface area contributed by atoms with Crippen molar-refractivity contribution in [1.29, 1.82) is 0 Å². The molecule has 0 aromatic heterocycles. The van der Waals surface area contributed by atoms with Gasteiger partial charge in [-0.1, -0.05) is 20.8 Å². The molecule has 0 atom stereocenters. The molecule has 1 amide bonds. The van der Waals surface area contributed by atoms with E-state index in [-0.39, 0.29) is 18.4 Å². The molecular weight excluding hydrogens is 208 g/mol. The van der Waals surface area contributed by atoms with Gasteiger partial charge in [-0.3, -0.25) is 9.59 Å². The van der Waals surface area contributed by atoms with Gasteiger partial charge in [-0.25, -0.2) is 0 Å². The number of carbonyl (C=O) groups excluding carboxylic acids is 1. The van der Waals surface area contributed by atoms with Gasteiger partial charge in [0, 0.05) is 19.5 Å². The van der Waals surface area contributed by atoms with Crippen molar-refractivity contribution in [3.05, 3.63) is 0 Å². The normalized spacial score (nSPS) is 10.5. The van der Waals surface area contributed by atoms with Gasteiger partial charge in [-0.05, 0) is 12.5 Å². The summed E-state index contributed by atoms with van der Waals surface area (Å²) in [7, 11) is 0. The second kappa shape index (κ2) is 8.10. The van der Waals surface area contributed by atoms with Gasteiger partial charge in [-0.15, -0.1) is 0 Å². The lowest BCUT2D eigenvalue weighted by Gasteiger charge is -2.22. The molecule has 0 aliphatic heterocycles. The number of hydrogen-bond donors (Lipinski definition) is 2. The van der Waals surface area contributed by atoms with Crippen molar-refractivity contribution in [3.63, 3.8) is 0 Å². The van der Waals surface area contributed by atoms with Crippen LogP contribution in [0.25, 0.3) is 0 Å². The van der Waals surface area contributed by atoms with Gasteiger partial charge in [-0.2, -0.15) is 0 Å². The lowest BCUT2D eigenvalue weighted by Crippen LogP contribution is -2.39. The summed E-state index contributed by atoms with van der Waals surface area (Å²) in [6.07, 6.45) is 0.355. The molecule has 0 saturated carbocycles. The molecule has 94 valence electrons. The summed E-state index contributed by atoms with van der Waals surface area (Å²) in [5.41, 5.74) is 0. The molecule has 0 radical (unpaired) electrons. The van der Waals surface area contributed by atoms with E-state index in [9.17, 15) is 9.59 Å². The second-order valence-corrected chi connectivity index (χ2v) is 4.17. The molecule has 0 fully saturated rings. The van der Waals surface area contributed by atoms with Crippen LogP contribution in [0.5, 0.6) is 0 Å². The Kier molecular flexibility index (Phi) is 7.54. The largest absolute Gasteiger partial charge is 0.480 e. The smallest absolute Gasteiger partial charge is 0.323 e. The van der Waals surface area contributed by atoms with E-state index in [4.69, 9.17) is 5.11 Å². The standard InChI is InChI=1S/C11H22N2O3/c1-4-12-6-5-10(14)13(7-9(2)3)8-11(15)16/h9,12H,4-8H2,1-3H3,(H,15,16). The average Bonchev–Trinajstić information content (AvgIpc) is 2.15. The zero-order valence-corrected chi connectivity index (χ0v) is 10.3. The fourth-order valence-corrected chi connectivity index (χ4v) is 1.39. The second-order valence-electron chi connectivity index (χ2n) is 4.17. The van der Waals surface area contributed by atoms with Crippen molar-refractivity contribution in [3.8, 4) is 0 Å². The first kappa shape index (κ1) is 14.9. The number of carbonyl (C=O) groups is 2. The molecular formula is C11H22N2O3. The summed E-state index contributed by atoms with van der Waals surface area (Å²) < 4.78 is 0. The monoisotopic (exact) mass is 230 g/mol. The number of carboxylic acid groups (broad SMARTS) is 1. The number of carboxylic acids is 1. The zero-order valence-electron chi connectivity index (χ0n) is 10.3. The summed E-state index contributed by atoms with van der Waals surface area (Å²) >= 11 is 0. The number of nitrogens with one attached hydrogen (secondary N) is 1. The van der Waals surface area contributed by atoms with Crippen LogP contribution in [0, 0.1) is 5.92 Å². The maximum Gasteiger partial charge on any atom is 0.323 e. The molecule has 0 spiro atoms. The third-order valence-electron chi connectivity index (χ3n) is 2.03. The highest BCUT2D eigenvalue weighted by Gasteiger charge is 2.17. The molecule has 0 aliphatic carbocycles. The summed E-state index contributed by atoms with van der Waals surface area (Å²) in [6, 6.07) is 0. The molecule has 5 heteroatoms. The number of amides is 1. The highest BCUT2D eigenvalue weighted by molar-refractivity contribution is 5.81. The van der Waals surface area contributed by atoms with Crippen molar-refractivity contribution in [1.82, 2.24) is 10.2 Å². The van der Waals surface area contributed by atoms with Crippen LogP contribution >= 0.6 is 0 Å². The Morgan fingerprint density at radius 1 is 1.38 bits per heavy atom. The van der Waals surface area contributed by atoms with E-state index >= 15 is 0 Å². The maximum atomic E-state index is 11.7. The molecule has 0 aromatic carbocycles. The van der Waals surface area contributed by atoms with E-state index in [1.807, 2.05) is 20.8 Å². The SMILES string of the molecule is CCNCCC(=O)N(CC(=O)O)CC(C)C. The Balaban J connectivity index is 4.15. The lowest BCUT2D eigenvalue weighted by atomic mass is 10.2. The molecule has 2 N–H and O–H groups in total. The van der Waals surface area contributed by atoms with Crippen molar-refractivity contribution in [2.45, 2.75) is 27.2 Å². The van der Waals surface area contributed by atoms with Gasteiger partial charge in [0.2, 0.25) is 5.91 Å². The van der Waals surface area contributed by atoms with Crippen LogP contribution in [0.1, 0.15) is 27.2 Å². The number of rotatable bonds is 8. The Morgan fingerprint density at radius 2 is 2.00 bits per heavy atom. The van der Waals surface area contributed by atoms with Gasteiger partial charge in [0.05, 0.1) is 0 Å². The summed E-state index contributed by atoms with van der Waals surface area (Å²) in [5.74, 6) is -0.781. The van der Waals surface area contributed by atoms with Crippen LogP contribution in [0.15, 0.2) is 0 Å². The van der Waals surface area contributed by atoms with E-state index < -0.39 is 5.97 Å². The first-order valence-corrected chi connectivity index (χ1v) is 5.67. The molecule has 0 rings (SSSR count).